The van der Waals surface area contributed by atoms with Gasteiger partial charge in [-0.15, -0.1) is 0 Å². The van der Waals surface area contributed by atoms with Crippen molar-refractivity contribution in [2.24, 2.45) is 5.41 Å². The fourth-order valence-corrected chi connectivity index (χ4v) is 4.39. The lowest BCUT2D eigenvalue weighted by atomic mass is 9.90. The van der Waals surface area contributed by atoms with Crippen LogP contribution in [0.4, 0.5) is 4.39 Å². The average Bonchev–Trinajstić information content (AvgIpc) is 3.33. The van der Waals surface area contributed by atoms with E-state index in [1.54, 1.807) is 37.3 Å². The van der Waals surface area contributed by atoms with Crippen LogP contribution in [0.5, 0.6) is 0 Å². The lowest BCUT2D eigenvalue weighted by molar-refractivity contribution is -0.127. The Labute approximate surface area is 225 Å². The molecule has 204 valence electrons. The number of H-pyrrole nitrogens is 1. The van der Waals surface area contributed by atoms with Crippen molar-refractivity contribution in [2.75, 3.05) is 0 Å². The standard InChI is InChI=1S/C30H33FN4O4/c1-6-7-12-25-23(28(37)35(18(2)32-25)17-26(36)30(3,4)5)15-20-14-13-19(16-24(20)31)21-10-8-9-11-22(21)27-33-29(38)39-34-27/h8-11,13-14,16H,6-7,12,15,17H2,1-5H3,(H,33,34,38). The number of nitrogens with one attached hydrogen (secondary N) is 1. The molecule has 0 fully saturated rings. The Balaban J connectivity index is 1.74. The highest BCUT2D eigenvalue weighted by atomic mass is 19.1. The van der Waals surface area contributed by atoms with Crippen molar-refractivity contribution in [1.82, 2.24) is 19.7 Å². The number of carbonyl (C=O) groups excluding carboxylic acids is 1. The number of hydrogen-bond donors (Lipinski definition) is 1. The summed E-state index contributed by atoms with van der Waals surface area (Å²) in [6.45, 7) is 9.15. The van der Waals surface area contributed by atoms with Crippen LogP contribution in [0.3, 0.4) is 0 Å². The lowest BCUT2D eigenvalue weighted by Crippen LogP contribution is -2.35. The summed E-state index contributed by atoms with van der Waals surface area (Å²) in [5.41, 5.74) is 2.31. The number of benzene rings is 2. The second kappa shape index (κ2) is 11.3. The second-order valence-electron chi connectivity index (χ2n) is 10.7. The SMILES string of the molecule is CCCCc1nc(C)n(CC(=O)C(C)(C)C)c(=O)c1Cc1ccc(-c2ccccc2-c2noc(=O)[nH]2)cc1F. The van der Waals surface area contributed by atoms with Crippen molar-refractivity contribution in [3.63, 3.8) is 0 Å². The zero-order valence-electron chi connectivity index (χ0n) is 22.9. The fourth-order valence-electron chi connectivity index (χ4n) is 4.39. The van der Waals surface area contributed by atoms with E-state index in [-0.39, 0.29) is 30.1 Å². The van der Waals surface area contributed by atoms with Crippen molar-refractivity contribution in [3.05, 3.63) is 91.8 Å². The van der Waals surface area contributed by atoms with E-state index in [1.165, 1.54) is 10.6 Å². The first-order valence-corrected chi connectivity index (χ1v) is 13.1. The lowest BCUT2D eigenvalue weighted by Gasteiger charge is -2.20. The fraction of sp³-hybridized carbons (Fsp3) is 0.367. The van der Waals surface area contributed by atoms with Crippen LogP contribution in [0, 0.1) is 18.2 Å². The molecule has 0 atom stereocenters. The van der Waals surface area contributed by atoms with E-state index in [2.05, 4.69) is 26.6 Å². The second-order valence-corrected chi connectivity index (χ2v) is 10.7. The Morgan fingerprint density at radius 2 is 1.82 bits per heavy atom. The molecular weight excluding hydrogens is 499 g/mol. The Morgan fingerprint density at radius 3 is 2.44 bits per heavy atom. The number of hydrogen-bond acceptors (Lipinski definition) is 6. The van der Waals surface area contributed by atoms with Gasteiger partial charge >= 0.3 is 5.76 Å². The summed E-state index contributed by atoms with van der Waals surface area (Å²) in [5.74, 6) is -0.511. The summed E-state index contributed by atoms with van der Waals surface area (Å²) in [6, 6.07) is 12.0. The molecule has 0 aliphatic heterocycles. The van der Waals surface area contributed by atoms with E-state index in [0.29, 0.717) is 45.8 Å². The van der Waals surface area contributed by atoms with Crippen LogP contribution in [-0.2, 0) is 24.2 Å². The quantitative estimate of drug-likeness (QED) is 0.315. The van der Waals surface area contributed by atoms with Crippen LogP contribution in [-0.4, -0.2) is 25.5 Å². The zero-order valence-corrected chi connectivity index (χ0v) is 22.9. The molecule has 0 saturated carbocycles. The van der Waals surface area contributed by atoms with Gasteiger partial charge in [-0.1, -0.05) is 75.7 Å². The molecule has 0 aliphatic rings. The Bertz CT molecular complexity index is 1630. The molecule has 0 aliphatic carbocycles. The van der Waals surface area contributed by atoms with E-state index in [9.17, 15) is 14.4 Å². The van der Waals surface area contributed by atoms with Crippen LogP contribution >= 0.6 is 0 Å². The number of nitrogens with zero attached hydrogens (tertiary/aromatic N) is 3. The monoisotopic (exact) mass is 532 g/mol. The first-order chi connectivity index (χ1) is 18.5. The van der Waals surface area contributed by atoms with Crippen LogP contribution in [0.15, 0.2) is 56.6 Å². The summed E-state index contributed by atoms with van der Waals surface area (Å²) in [7, 11) is 0. The number of aryl methyl sites for hydroxylation is 2. The van der Waals surface area contributed by atoms with Crippen LogP contribution in [0.2, 0.25) is 0 Å². The molecule has 1 N–H and O–H groups in total. The maximum atomic E-state index is 15.5. The largest absolute Gasteiger partial charge is 0.439 e. The molecule has 2 aromatic heterocycles. The van der Waals surface area contributed by atoms with Crippen LogP contribution in [0.1, 0.15) is 63.2 Å². The van der Waals surface area contributed by atoms with Gasteiger partial charge in [0.15, 0.2) is 11.6 Å². The highest BCUT2D eigenvalue weighted by molar-refractivity contribution is 5.83. The van der Waals surface area contributed by atoms with Crippen molar-refractivity contribution in [1.29, 1.82) is 0 Å². The molecule has 8 nitrogen and oxygen atoms in total. The third-order valence-electron chi connectivity index (χ3n) is 6.80. The van der Waals surface area contributed by atoms with Gasteiger partial charge in [0, 0.05) is 23.0 Å². The minimum atomic E-state index is -0.679. The first kappa shape index (κ1) is 27.9. The van der Waals surface area contributed by atoms with Gasteiger partial charge in [0.1, 0.15) is 11.6 Å². The average molecular weight is 533 g/mol. The summed E-state index contributed by atoms with van der Waals surface area (Å²) >= 11 is 0. The summed E-state index contributed by atoms with van der Waals surface area (Å²) in [4.78, 5) is 45.1. The topological polar surface area (TPSA) is 111 Å². The third kappa shape index (κ3) is 6.13. The van der Waals surface area contributed by atoms with E-state index in [4.69, 9.17) is 0 Å². The molecule has 0 spiro atoms. The van der Waals surface area contributed by atoms with Gasteiger partial charge in [0.05, 0.1) is 12.2 Å². The minimum Gasteiger partial charge on any atom is -0.297 e. The van der Waals surface area contributed by atoms with Crippen LogP contribution in [0.25, 0.3) is 22.5 Å². The van der Waals surface area contributed by atoms with Crippen molar-refractivity contribution in [3.8, 4) is 22.5 Å². The molecule has 0 amide bonds. The van der Waals surface area contributed by atoms with Gasteiger partial charge in [-0.05, 0) is 42.5 Å². The number of rotatable bonds is 9. The number of unbranched alkanes of at least 4 members (excludes halogenated alkanes) is 1. The molecular formula is C30H33FN4O4. The number of aromatic nitrogens is 4. The molecule has 9 heteroatoms. The molecule has 4 aromatic rings. The number of carbonyl (C=O) groups is 1. The van der Waals surface area contributed by atoms with Gasteiger partial charge in [-0.25, -0.2) is 14.2 Å². The number of halogens is 1. The predicted molar refractivity (Wildman–Crippen MR) is 147 cm³/mol. The smallest absolute Gasteiger partial charge is 0.297 e. The minimum absolute atomic E-state index is 0.0548. The predicted octanol–water partition coefficient (Wildman–Crippen LogP) is 5.25. The summed E-state index contributed by atoms with van der Waals surface area (Å²) in [6.07, 6.45) is 2.41. The van der Waals surface area contributed by atoms with E-state index in [0.717, 1.165) is 12.8 Å². The van der Waals surface area contributed by atoms with Crippen LogP contribution < -0.4 is 11.3 Å². The van der Waals surface area contributed by atoms with Crippen molar-refractivity contribution < 1.29 is 13.7 Å². The normalized spacial score (nSPS) is 11.6. The molecule has 0 saturated heterocycles. The number of ketones is 1. The third-order valence-corrected chi connectivity index (χ3v) is 6.80. The number of Topliss-reactive ketones (excluding diaryl/α,β-unsaturated/α-hetero) is 1. The molecule has 0 bridgehead atoms. The molecule has 0 unspecified atom stereocenters. The van der Waals surface area contributed by atoms with Crippen molar-refractivity contribution in [2.45, 2.75) is 66.8 Å². The molecule has 2 aromatic carbocycles. The molecule has 4 rings (SSSR count). The van der Waals surface area contributed by atoms with E-state index < -0.39 is 17.0 Å². The highest BCUT2D eigenvalue weighted by Gasteiger charge is 2.24. The molecule has 0 radical (unpaired) electrons. The summed E-state index contributed by atoms with van der Waals surface area (Å²) < 4.78 is 21.6. The van der Waals surface area contributed by atoms with E-state index in [1.807, 2.05) is 26.8 Å². The maximum Gasteiger partial charge on any atom is 0.439 e. The first-order valence-electron chi connectivity index (χ1n) is 13.1. The zero-order chi connectivity index (χ0) is 28.3. The summed E-state index contributed by atoms with van der Waals surface area (Å²) in [5, 5.41) is 3.76. The Hall–Kier alpha value is -4.14. The van der Waals surface area contributed by atoms with Gasteiger partial charge < -0.3 is 0 Å². The van der Waals surface area contributed by atoms with Gasteiger partial charge in [-0.3, -0.25) is 23.7 Å². The van der Waals surface area contributed by atoms with Gasteiger partial charge in [0.2, 0.25) is 0 Å². The van der Waals surface area contributed by atoms with E-state index >= 15 is 4.39 Å². The van der Waals surface area contributed by atoms with Crippen molar-refractivity contribution >= 4 is 5.78 Å². The Morgan fingerprint density at radius 1 is 1.10 bits per heavy atom. The Kier molecular flexibility index (Phi) is 8.09. The maximum absolute atomic E-state index is 15.5. The van der Waals surface area contributed by atoms with Gasteiger partial charge in [-0.2, -0.15) is 0 Å². The molecule has 2 heterocycles. The molecule has 39 heavy (non-hydrogen) atoms. The number of aromatic amines is 1. The highest BCUT2D eigenvalue weighted by Crippen LogP contribution is 2.31. The van der Waals surface area contributed by atoms with Gasteiger partial charge in [0.25, 0.3) is 5.56 Å².